The van der Waals surface area contributed by atoms with Crippen LogP contribution in [0, 0.1) is 0 Å². The molecule has 14 heavy (non-hydrogen) atoms. The molecule has 72 valence electrons. The van der Waals surface area contributed by atoms with Gasteiger partial charge < -0.3 is 0 Å². The zero-order valence-corrected chi connectivity index (χ0v) is 8.12. The van der Waals surface area contributed by atoms with Gasteiger partial charge in [-0.2, -0.15) is 0 Å². The van der Waals surface area contributed by atoms with Gasteiger partial charge >= 0.3 is 0 Å². The molecule has 1 aromatic carbocycles. The fourth-order valence-electron chi connectivity index (χ4n) is 1.13. The molecule has 1 aromatic rings. The van der Waals surface area contributed by atoms with Crippen LogP contribution in [0.2, 0.25) is 0 Å². The van der Waals surface area contributed by atoms with E-state index in [4.69, 9.17) is 0 Å². The van der Waals surface area contributed by atoms with Gasteiger partial charge in [0.1, 0.15) is 5.78 Å². The highest BCUT2D eigenvalue weighted by Crippen LogP contribution is 2.07. The Morgan fingerprint density at radius 2 is 1.86 bits per heavy atom. The lowest BCUT2D eigenvalue weighted by Crippen LogP contribution is -2.04. The number of carbonyl (C=O) groups excluding carboxylic acids is 2. The van der Waals surface area contributed by atoms with Crippen LogP contribution in [-0.2, 0) is 4.79 Å². The van der Waals surface area contributed by atoms with Crippen LogP contribution in [0.1, 0.15) is 29.3 Å². The molecule has 0 N–H and O–H groups in total. The van der Waals surface area contributed by atoms with E-state index in [1.807, 2.05) is 0 Å². The molecule has 0 fully saturated rings. The van der Waals surface area contributed by atoms with Gasteiger partial charge in [-0.05, 0) is 12.5 Å². The predicted octanol–water partition coefficient (Wildman–Crippen LogP) is 2.49. The van der Waals surface area contributed by atoms with Crippen LogP contribution in [0.15, 0.2) is 30.8 Å². The summed E-state index contributed by atoms with van der Waals surface area (Å²) in [5.74, 6) is -0.240. The van der Waals surface area contributed by atoms with Crippen molar-refractivity contribution < 1.29 is 9.59 Å². The fraction of sp³-hybridized carbons (Fsp3) is 0.167. The van der Waals surface area contributed by atoms with Crippen LogP contribution >= 0.6 is 0 Å². The summed E-state index contributed by atoms with van der Waals surface area (Å²) in [5, 5.41) is 0. The van der Waals surface area contributed by atoms with Gasteiger partial charge in [0.05, 0.1) is 6.42 Å². The van der Waals surface area contributed by atoms with Crippen molar-refractivity contribution >= 4 is 17.6 Å². The van der Waals surface area contributed by atoms with E-state index < -0.39 is 0 Å². The highest BCUT2D eigenvalue weighted by Gasteiger charge is 2.07. The quantitative estimate of drug-likeness (QED) is 0.537. The Morgan fingerprint density at radius 1 is 1.29 bits per heavy atom. The van der Waals surface area contributed by atoms with Crippen molar-refractivity contribution in [3.8, 4) is 0 Å². The molecular weight excluding hydrogens is 176 g/mol. The Morgan fingerprint density at radius 3 is 2.29 bits per heavy atom. The standard InChI is InChI=1S/C12H12O2/c1-3-10-4-6-11(7-5-10)12(14)8-9(2)13/h3-7H,1,8H2,2H3. The second-order valence-electron chi connectivity index (χ2n) is 3.13. The van der Waals surface area contributed by atoms with Crippen LogP contribution < -0.4 is 0 Å². The third-order valence-electron chi connectivity index (χ3n) is 1.88. The summed E-state index contributed by atoms with van der Waals surface area (Å²) in [6.45, 7) is 5.03. The molecule has 2 nitrogen and oxygen atoms in total. The van der Waals surface area contributed by atoms with E-state index in [-0.39, 0.29) is 18.0 Å². The van der Waals surface area contributed by atoms with Gasteiger partial charge in [-0.25, -0.2) is 0 Å². The molecule has 0 aliphatic heterocycles. The number of Topliss-reactive ketones (excluding diaryl/α,β-unsaturated/α-hetero) is 2. The molecular formula is C12H12O2. The molecule has 2 heteroatoms. The van der Waals surface area contributed by atoms with E-state index in [0.29, 0.717) is 5.56 Å². The molecule has 1 rings (SSSR count). The summed E-state index contributed by atoms with van der Waals surface area (Å²) < 4.78 is 0. The lowest BCUT2D eigenvalue weighted by molar-refractivity contribution is -0.116. The van der Waals surface area contributed by atoms with Gasteiger partial charge in [-0.3, -0.25) is 9.59 Å². The Kier molecular flexibility index (Phi) is 3.35. The van der Waals surface area contributed by atoms with Crippen molar-refractivity contribution in [3.63, 3.8) is 0 Å². The molecule has 0 saturated heterocycles. The number of rotatable bonds is 4. The Hall–Kier alpha value is -1.70. The van der Waals surface area contributed by atoms with Crippen molar-refractivity contribution in [2.24, 2.45) is 0 Å². The third-order valence-corrected chi connectivity index (χ3v) is 1.88. The summed E-state index contributed by atoms with van der Waals surface area (Å²) in [6.07, 6.45) is 1.69. The highest BCUT2D eigenvalue weighted by atomic mass is 16.1. The fourth-order valence-corrected chi connectivity index (χ4v) is 1.13. The first kappa shape index (κ1) is 10.4. The summed E-state index contributed by atoms with van der Waals surface area (Å²) in [4.78, 5) is 22.1. The van der Waals surface area contributed by atoms with Gasteiger partial charge in [-0.1, -0.05) is 36.9 Å². The van der Waals surface area contributed by atoms with E-state index in [1.54, 1.807) is 30.3 Å². The molecule has 0 heterocycles. The minimum atomic E-state index is -0.131. The first-order valence-corrected chi connectivity index (χ1v) is 4.38. The average Bonchev–Trinajstić information content (AvgIpc) is 2.17. The molecule has 0 aliphatic carbocycles. The van der Waals surface area contributed by atoms with Crippen LogP contribution in [0.3, 0.4) is 0 Å². The maximum Gasteiger partial charge on any atom is 0.170 e. The van der Waals surface area contributed by atoms with Crippen LogP contribution in [0.4, 0.5) is 0 Å². The van der Waals surface area contributed by atoms with Crippen LogP contribution in [-0.4, -0.2) is 11.6 Å². The van der Waals surface area contributed by atoms with Crippen molar-refractivity contribution in [2.45, 2.75) is 13.3 Å². The van der Waals surface area contributed by atoms with E-state index in [0.717, 1.165) is 5.56 Å². The molecule has 0 aromatic heterocycles. The maximum atomic E-state index is 11.4. The Labute approximate surface area is 83.3 Å². The van der Waals surface area contributed by atoms with Gasteiger partial charge in [-0.15, -0.1) is 0 Å². The van der Waals surface area contributed by atoms with Crippen LogP contribution in [0.5, 0.6) is 0 Å². The summed E-state index contributed by atoms with van der Waals surface area (Å²) in [6, 6.07) is 7.03. The number of hydrogen-bond acceptors (Lipinski definition) is 2. The molecule has 0 aliphatic rings. The van der Waals surface area contributed by atoms with Crippen molar-refractivity contribution in [1.29, 1.82) is 0 Å². The van der Waals surface area contributed by atoms with Crippen molar-refractivity contribution in [1.82, 2.24) is 0 Å². The lowest BCUT2D eigenvalue weighted by Gasteiger charge is -1.98. The second kappa shape index (κ2) is 4.51. The zero-order valence-electron chi connectivity index (χ0n) is 8.12. The molecule has 0 amide bonds. The Balaban J connectivity index is 2.81. The summed E-state index contributed by atoms with van der Waals surface area (Å²) in [7, 11) is 0. The van der Waals surface area contributed by atoms with Gasteiger partial charge in [0.25, 0.3) is 0 Å². The highest BCUT2D eigenvalue weighted by molar-refractivity contribution is 6.07. The van der Waals surface area contributed by atoms with Crippen molar-refractivity contribution in [2.75, 3.05) is 0 Å². The van der Waals surface area contributed by atoms with Gasteiger partial charge in [0, 0.05) is 5.56 Å². The van der Waals surface area contributed by atoms with E-state index >= 15 is 0 Å². The van der Waals surface area contributed by atoms with Crippen LogP contribution in [0.25, 0.3) is 6.08 Å². The topological polar surface area (TPSA) is 34.1 Å². The molecule has 0 spiro atoms. The van der Waals surface area contributed by atoms with E-state index in [1.165, 1.54) is 6.92 Å². The first-order chi connectivity index (χ1) is 6.63. The first-order valence-electron chi connectivity index (χ1n) is 4.38. The Bertz CT molecular complexity index is 360. The predicted molar refractivity (Wildman–Crippen MR) is 56.2 cm³/mol. The zero-order chi connectivity index (χ0) is 10.6. The smallest absolute Gasteiger partial charge is 0.170 e. The lowest BCUT2D eigenvalue weighted by atomic mass is 10.0. The van der Waals surface area contributed by atoms with Gasteiger partial charge in [0.15, 0.2) is 5.78 Å². The molecule has 0 atom stereocenters. The van der Waals surface area contributed by atoms with E-state index in [9.17, 15) is 9.59 Å². The van der Waals surface area contributed by atoms with Gasteiger partial charge in [0.2, 0.25) is 0 Å². The minimum Gasteiger partial charge on any atom is -0.300 e. The molecule has 0 bridgehead atoms. The largest absolute Gasteiger partial charge is 0.300 e. The number of ketones is 2. The molecule has 0 unspecified atom stereocenters. The minimum absolute atomic E-state index is 0.0204. The SMILES string of the molecule is C=Cc1ccc(C(=O)CC(C)=O)cc1. The monoisotopic (exact) mass is 188 g/mol. The summed E-state index contributed by atoms with van der Waals surface area (Å²) >= 11 is 0. The number of carbonyl (C=O) groups is 2. The molecule has 0 radical (unpaired) electrons. The second-order valence-corrected chi connectivity index (χ2v) is 3.13. The summed E-state index contributed by atoms with van der Waals surface area (Å²) in [5.41, 5.74) is 1.54. The number of hydrogen-bond donors (Lipinski definition) is 0. The molecule has 0 saturated carbocycles. The normalized spacial score (nSPS) is 9.50. The third kappa shape index (κ3) is 2.66. The average molecular weight is 188 g/mol. The maximum absolute atomic E-state index is 11.4. The van der Waals surface area contributed by atoms with E-state index in [2.05, 4.69) is 6.58 Å². The number of benzene rings is 1. The van der Waals surface area contributed by atoms with Crippen molar-refractivity contribution in [3.05, 3.63) is 42.0 Å².